The molecule has 13 heteroatoms. The molecule has 13 nitrogen and oxygen atoms in total. The normalized spacial score (nSPS) is 19.3. The Morgan fingerprint density at radius 1 is 0.804 bits per heavy atom. The van der Waals surface area contributed by atoms with Crippen LogP contribution in [0.2, 0.25) is 0 Å². The minimum Gasteiger partial charge on any atom is -0.554 e. The zero-order chi connectivity index (χ0) is 36.5. The molecule has 0 bridgehead atoms. The van der Waals surface area contributed by atoms with Gasteiger partial charge in [0, 0.05) is 68.3 Å². The predicted molar refractivity (Wildman–Crippen MR) is 201 cm³/mol. The summed E-state index contributed by atoms with van der Waals surface area (Å²) in [7, 11) is 0. The number of hydrogen-bond donors (Lipinski definition) is 2. The second kappa shape index (κ2) is 16.1. The third-order valence-corrected chi connectivity index (χ3v) is 8.47. The van der Waals surface area contributed by atoms with E-state index in [1.165, 1.54) is 16.6 Å². The molecule has 2 aliphatic heterocycles. The Labute approximate surface area is 301 Å². The molecule has 2 aromatic carbocycles. The average molecular weight is 714 g/mol. The van der Waals surface area contributed by atoms with Gasteiger partial charge in [0.1, 0.15) is 12.2 Å². The maximum absolute atomic E-state index is 11.0. The number of carbonyl (C=O) groups excluding carboxylic acids is 1. The number of quaternary nitrogens is 1. The van der Waals surface area contributed by atoms with Crippen molar-refractivity contribution in [2.75, 3.05) is 18.9 Å². The van der Waals surface area contributed by atoms with Crippen LogP contribution >= 0.6 is 0 Å². The van der Waals surface area contributed by atoms with Gasteiger partial charge in [0.2, 0.25) is 0 Å². The molecule has 0 saturated carbocycles. The number of aromatic nitrogens is 2. The molecule has 2 aliphatic rings. The molecule has 51 heavy (non-hydrogen) atoms. The first-order valence-corrected chi connectivity index (χ1v) is 16.5. The largest absolute Gasteiger partial charge is 0.554 e. The van der Waals surface area contributed by atoms with Gasteiger partial charge in [-0.05, 0) is 64.1 Å². The molecule has 0 aliphatic carbocycles. The molecule has 0 radical (unpaired) electrons. The fraction of sp³-hybridized carbons (Fsp3) is 0.553. The lowest BCUT2D eigenvalue weighted by atomic mass is 9.92. The van der Waals surface area contributed by atoms with Crippen molar-refractivity contribution in [3.8, 4) is 0 Å². The number of rotatable bonds is 5. The van der Waals surface area contributed by atoms with Gasteiger partial charge in [-0.1, -0.05) is 49.0 Å². The van der Waals surface area contributed by atoms with Crippen molar-refractivity contribution in [1.29, 1.82) is 0 Å². The van der Waals surface area contributed by atoms with E-state index in [1.807, 2.05) is 52.0 Å². The van der Waals surface area contributed by atoms with Crippen molar-refractivity contribution in [2.45, 2.75) is 124 Å². The summed E-state index contributed by atoms with van der Waals surface area (Å²) in [5.74, 6) is -1.05. The van der Waals surface area contributed by atoms with Crippen LogP contribution in [0.1, 0.15) is 88.1 Å². The molecular weight excluding hydrogens is 654 g/mol. The molecule has 0 amide bonds. The van der Waals surface area contributed by atoms with Crippen molar-refractivity contribution in [3.05, 3.63) is 70.0 Å². The number of fused-ring (bicyclic) bond motifs is 2. The molecule has 2 fully saturated rings. The van der Waals surface area contributed by atoms with E-state index in [4.69, 9.17) is 34.6 Å². The molecule has 2 saturated heterocycles. The lowest BCUT2D eigenvalue weighted by molar-refractivity contribution is -0.384. The summed E-state index contributed by atoms with van der Waals surface area (Å²) in [6.45, 7) is 23.0. The zero-order valence-electron chi connectivity index (χ0n) is 31.4. The molecule has 0 spiro atoms. The van der Waals surface area contributed by atoms with E-state index < -0.39 is 18.0 Å². The van der Waals surface area contributed by atoms with Gasteiger partial charge in [-0.2, -0.15) is 0 Å². The third-order valence-electron chi connectivity index (χ3n) is 8.47. The van der Waals surface area contributed by atoms with Gasteiger partial charge in [0.15, 0.2) is 11.6 Å². The molecule has 2 aromatic heterocycles. The summed E-state index contributed by atoms with van der Waals surface area (Å²) < 4.78 is 27.9. The van der Waals surface area contributed by atoms with E-state index in [2.05, 4.69) is 62.8 Å². The smallest absolute Gasteiger partial charge is 0.270 e. The van der Waals surface area contributed by atoms with Gasteiger partial charge in [-0.15, -0.1) is 0 Å². The summed E-state index contributed by atoms with van der Waals surface area (Å²) in [6.07, 6.45) is 0.0381. The zero-order valence-corrected chi connectivity index (χ0v) is 31.4. The van der Waals surface area contributed by atoms with Crippen molar-refractivity contribution in [3.63, 3.8) is 0 Å². The summed E-state index contributed by atoms with van der Waals surface area (Å²) in [4.78, 5) is 18.9. The second-order valence-corrected chi connectivity index (χ2v) is 15.6. The van der Waals surface area contributed by atoms with E-state index in [9.17, 15) is 10.1 Å². The number of ether oxygens (including phenoxy) is 4. The molecule has 2 atom stereocenters. The highest BCUT2D eigenvalue weighted by atomic mass is 16.7. The van der Waals surface area contributed by atoms with Crippen LogP contribution < -0.4 is 17.0 Å². The highest BCUT2D eigenvalue weighted by molar-refractivity contribution is 5.85. The Balaban J connectivity index is 0.000000318. The van der Waals surface area contributed by atoms with Crippen molar-refractivity contribution in [2.24, 2.45) is 0 Å². The quantitative estimate of drug-likeness (QED) is 0.0943. The number of non-ortho nitro benzene ring substituents is 1. The molecule has 6 rings (SSSR count). The first-order valence-electron chi connectivity index (χ1n) is 16.5. The van der Waals surface area contributed by atoms with Crippen LogP contribution in [0.25, 0.3) is 21.8 Å². The first kappa shape index (κ1) is 43.2. The number of carboxylic acid groups (broad SMARTS) is 1. The van der Waals surface area contributed by atoms with Crippen LogP contribution in [0, 0.1) is 10.1 Å². The van der Waals surface area contributed by atoms with Crippen molar-refractivity contribution in [1.82, 2.24) is 15.3 Å². The van der Waals surface area contributed by atoms with Crippen LogP contribution in [-0.2, 0) is 47.7 Å². The summed E-state index contributed by atoms with van der Waals surface area (Å²) in [5, 5.41) is 21.4. The van der Waals surface area contributed by atoms with Crippen LogP contribution in [0.3, 0.4) is 0 Å². The first-order chi connectivity index (χ1) is 22.6. The third kappa shape index (κ3) is 10.5. The molecule has 6 N–H and O–H groups in total. The maximum Gasteiger partial charge on any atom is 0.270 e. The van der Waals surface area contributed by atoms with Crippen LogP contribution in [0.5, 0.6) is 0 Å². The number of nitrogen functional groups attached to an aromatic ring is 1. The Kier molecular flexibility index (Phi) is 13.6. The fourth-order valence-electron chi connectivity index (χ4n) is 6.41. The lowest BCUT2D eigenvalue weighted by Gasteiger charge is -2.24. The number of nitrogens with two attached hydrogens (primary N) is 1. The minimum absolute atomic E-state index is 0. The number of nitro groups is 1. The van der Waals surface area contributed by atoms with Gasteiger partial charge in [-0.3, -0.25) is 10.1 Å². The number of benzene rings is 2. The monoisotopic (exact) mass is 713 g/mol. The minimum atomic E-state index is -0.561. The number of carbonyl (C=O) groups is 1. The number of anilines is 1. The van der Waals surface area contributed by atoms with Crippen LogP contribution in [0.15, 0.2) is 48.5 Å². The number of hydrogen-bond acceptors (Lipinski definition) is 9. The van der Waals surface area contributed by atoms with Gasteiger partial charge in [0.25, 0.3) is 5.69 Å². The SMILES string of the molecule is C.CC1(C)OC[C@@H](Cn2c(C(C)(C)C)cc3cc(N)ccc32)O1.CC1(C)OC[C@@H](Cn2c(C(C)(C)C)cc3cc([N+](=O)[O-])ccc32)O1.O=C[O-].[NH4+]. The second-order valence-electron chi connectivity index (χ2n) is 15.6. The van der Waals surface area contributed by atoms with E-state index in [-0.39, 0.29) is 47.2 Å². The fourth-order valence-corrected chi connectivity index (χ4v) is 6.41. The van der Waals surface area contributed by atoms with Crippen LogP contribution in [-0.4, -0.2) is 57.5 Å². The van der Waals surface area contributed by atoms with Gasteiger partial charge < -0.3 is 49.9 Å². The van der Waals surface area contributed by atoms with E-state index in [0.717, 1.165) is 28.8 Å². The molecule has 4 aromatic rings. The Bertz CT molecular complexity index is 1800. The average Bonchev–Trinajstić information content (AvgIpc) is 3.72. The predicted octanol–water partition coefficient (Wildman–Crippen LogP) is 7.05. The van der Waals surface area contributed by atoms with E-state index in [1.54, 1.807) is 12.1 Å². The topological polar surface area (TPSA) is 193 Å². The highest BCUT2D eigenvalue weighted by Gasteiger charge is 2.35. The van der Waals surface area contributed by atoms with Gasteiger partial charge in [-0.25, -0.2) is 0 Å². The summed E-state index contributed by atoms with van der Waals surface area (Å²) in [6, 6.07) is 15.4. The van der Waals surface area contributed by atoms with Crippen molar-refractivity contribution >= 4 is 39.7 Å². The lowest BCUT2D eigenvalue weighted by Crippen LogP contribution is -2.26. The van der Waals surface area contributed by atoms with Gasteiger partial charge >= 0.3 is 0 Å². The summed E-state index contributed by atoms with van der Waals surface area (Å²) in [5.41, 5.74) is 11.4. The molecule has 284 valence electrons. The highest BCUT2D eigenvalue weighted by Crippen LogP contribution is 2.35. The number of nitro benzene ring substituents is 1. The molecule has 4 heterocycles. The van der Waals surface area contributed by atoms with Gasteiger partial charge in [0.05, 0.1) is 31.2 Å². The van der Waals surface area contributed by atoms with Crippen LogP contribution in [0.4, 0.5) is 11.4 Å². The Hall–Kier alpha value is -4.01. The standard InChI is InChI=1S/C18H24N2O4.C18H26N2O2.CH2O2.CH4.H3N/c1-17(2,3)16-9-12-8-13(20(21)22)6-7-15(12)19(16)10-14-11-23-18(4,5)24-14;1-17(2,3)16-9-12-8-13(19)6-7-15(12)20(16)10-14-11-21-18(4,5)22-14;2-1-3;;/h6-9,14H,10-11H2,1-5H3;6-9,14H,10-11,19H2,1-5H3;1H,(H,2,3);1H4;1H3/t2*14-;;;/m11.../s1. The van der Waals surface area contributed by atoms with E-state index in [0.29, 0.717) is 19.8 Å². The molecular formula is C38H59N5O8. The number of nitrogens with zero attached hydrogens (tertiary/aromatic N) is 3. The Morgan fingerprint density at radius 3 is 1.55 bits per heavy atom. The Morgan fingerprint density at radius 2 is 1.20 bits per heavy atom. The summed E-state index contributed by atoms with van der Waals surface area (Å²) >= 11 is 0. The maximum atomic E-state index is 11.0. The van der Waals surface area contributed by atoms with E-state index >= 15 is 0 Å². The van der Waals surface area contributed by atoms with Crippen molar-refractivity contribution < 1.29 is 33.8 Å². The molecule has 0 unspecified atom stereocenters.